The third kappa shape index (κ3) is 3.27. The van der Waals surface area contributed by atoms with E-state index in [9.17, 15) is 0 Å². The molecule has 2 nitrogen and oxygen atoms in total. The minimum absolute atomic E-state index is 0.369. The lowest BCUT2D eigenvalue weighted by Crippen LogP contribution is -2.56. The van der Waals surface area contributed by atoms with Gasteiger partial charge in [-0.15, -0.1) is 0 Å². The van der Waals surface area contributed by atoms with E-state index in [-0.39, 0.29) is 0 Å². The van der Waals surface area contributed by atoms with Gasteiger partial charge in [0.15, 0.2) is 0 Å². The van der Waals surface area contributed by atoms with E-state index in [0.29, 0.717) is 5.54 Å². The molecule has 1 saturated heterocycles. The van der Waals surface area contributed by atoms with Crippen molar-refractivity contribution in [2.75, 3.05) is 19.6 Å². The van der Waals surface area contributed by atoms with Crippen molar-refractivity contribution in [3.63, 3.8) is 0 Å². The van der Waals surface area contributed by atoms with Gasteiger partial charge < -0.3 is 5.73 Å². The van der Waals surface area contributed by atoms with Gasteiger partial charge in [0.1, 0.15) is 0 Å². The number of piperidine rings is 1. The summed E-state index contributed by atoms with van der Waals surface area (Å²) in [6.07, 6.45) is 13.9. The van der Waals surface area contributed by atoms with E-state index >= 15 is 0 Å². The Bertz CT molecular complexity index is 223. The molecule has 0 radical (unpaired) electrons. The predicted molar refractivity (Wildman–Crippen MR) is 78.7 cm³/mol. The van der Waals surface area contributed by atoms with Crippen molar-refractivity contribution in [3.8, 4) is 0 Å². The predicted octanol–water partition coefficient (Wildman–Crippen LogP) is 3.55. The van der Waals surface area contributed by atoms with E-state index in [4.69, 9.17) is 5.73 Å². The van der Waals surface area contributed by atoms with Gasteiger partial charge in [0.2, 0.25) is 0 Å². The van der Waals surface area contributed by atoms with E-state index in [1.807, 2.05) is 0 Å². The molecule has 2 aliphatic rings. The minimum Gasteiger partial charge on any atom is -0.329 e. The van der Waals surface area contributed by atoms with E-state index in [1.165, 1.54) is 77.3 Å². The van der Waals surface area contributed by atoms with Gasteiger partial charge in [0.25, 0.3) is 0 Å². The highest BCUT2D eigenvalue weighted by Crippen LogP contribution is 2.35. The Balaban J connectivity index is 1.92. The third-order valence-electron chi connectivity index (χ3n) is 5.40. The van der Waals surface area contributed by atoms with Crippen molar-refractivity contribution in [1.29, 1.82) is 0 Å². The minimum atomic E-state index is 0.369. The monoisotopic (exact) mass is 252 g/mol. The number of likely N-dealkylation sites (tertiary alicyclic amines) is 1. The van der Waals surface area contributed by atoms with Gasteiger partial charge in [-0.2, -0.15) is 0 Å². The molecule has 0 aromatic carbocycles. The molecular weight excluding hydrogens is 220 g/mol. The summed E-state index contributed by atoms with van der Waals surface area (Å²) in [6, 6.07) is 0. The molecule has 18 heavy (non-hydrogen) atoms. The van der Waals surface area contributed by atoms with E-state index < -0.39 is 0 Å². The fourth-order valence-electron chi connectivity index (χ4n) is 4.14. The first-order valence-corrected chi connectivity index (χ1v) is 8.26. The molecule has 2 N–H and O–H groups in total. The van der Waals surface area contributed by atoms with Crippen LogP contribution in [0.15, 0.2) is 0 Å². The maximum Gasteiger partial charge on any atom is 0.0331 e. The summed E-state index contributed by atoms with van der Waals surface area (Å²) >= 11 is 0. The summed E-state index contributed by atoms with van der Waals surface area (Å²) in [5.41, 5.74) is 6.56. The summed E-state index contributed by atoms with van der Waals surface area (Å²) in [4.78, 5) is 2.77. The van der Waals surface area contributed by atoms with Crippen LogP contribution in [-0.2, 0) is 0 Å². The lowest BCUT2D eigenvalue weighted by Gasteiger charge is -2.46. The molecule has 0 unspecified atom stereocenters. The summed E-state index contributed by atoms with van der Waals surface area (Å²) in [5, 5.41) is 0. The Morgan fingerprint density at radius 2 is 1.67 bits per heavy atom. The van der Waals surface area contributed by atoms with Crippen LogP contribution in [-0.4, -0.2) is 30.1 Å². The molecule has 1 heterocycles. The van der Waals surface area contributed by atoms with Gasteiger partial charge in [-0.25, -0.2) is 0 Å². The average Bonchev–Trinajstić information content (AvgIpc) is 2.66. The van der Waals surface area contributed by atoms with Gasteiger partial charge in [-0.05, 0) is 44.7 Å². The molecule has 0 atom stereocenters. The van der Waals surface area contributed by atoms with E-state index in [0.717, 1.165) is 12.5 Å². The molecule has 0 aromatic heterocycles. The van der Waals surface area contributed by atoms with Crippen molar-refractivity contribution < 1.29 is 0 Å². The quantitative estimate of drug-likeness (QED) is 0.775. The highest BCUT2D eigenvalue weighted by Gasteiger charge is 2.37. The second kappa shape index (κ2) is 6.91. The summed E-state index contributed by atoms with van der Waals surface area (Å²) in [5.74, 6) is 0.992. The van der Waals surface area contributed by atoms with Crippen LogP contribution in [0.25, 0.3) is 0 Å². The first kappa shape index (κ1) is 14.3. The topological polar surface area (TPSA) is 29.3 Å². The largest absolute Gasteiger partial charge is 0.329 e. The third-order valence-corrected chi connectivity index (χ3v) is 5.40. The van der Waals surface area contributed by atoms with Crippen LogP contribution in [0.3, 0.4) is 0 Å². The van der Waals surface area contributed by atoms with Gasteiger partial charge in [0, 0.05) is 12.1 Å². The van der Waals surface area contributed by atoms with E-state index in [1.54, 1.807) is 0 Å². The fourth-order valence-corrected chi connectivity index (χ4v) is 4.14. The SMILES string of the molecule is CCCC1CCN(C2(CN)CCCCCC2)CC1. The molecule has 2 heteroatoms. The maximum absolute atomic E-state index is 6.19. The van der Waals surface area contributed by atoms with Gasteiger partial charge in [0.05, 0.1) is 0 Å². The molecule has 0 bridgehead atoms. The normalized spacial score (nSPS) is 27.0. The Morgan fingerprint density at radius 3 is 2.17 bits per heavy atom. The second-order valence-electron chi connectivity index (χ2n) is 6.56. The number of hydrogen-bond acceptors (Lipinski definition) is 2. The molecular formula is C16H32N2. The van der Waals surface area contributed by atoms with Crippen LogP contribution in [0.2, 0.25) is 0 Å². The van der Waals surface area contributed by atoms with Crippen molar-refractivity contribution in [2.45, 2.75) is 76.7 Å². The average molecular weight is 252 g/mol. The molecule has 1 aliphatic carbocycles. The number of hydrogen-bond donors (Lipinski definition) is 1. The van der Waals surface area contributed by atoms with Crippen LogP contribution in [0.1, 0.15) is 71.1 Å². The molecule has 1 saturated carbocycles. The van der Waals surface area contributed by atoms with Gasteiger partial charge in [-0.3, -0.25) is 4.90 Å². The zero-order valence-electron chi connectivity index (χ0n) is 12.3. The Labute approximate surface area is 113 Å². The smallest absolute Gasteiger partial charge is 0.0331 e. The standard InChI is InChI=1S/C16H32N2/c1-2-7-15-8-12-18(13-9-15)16(14-17)10-5-3-4-6-11-16/h15H,2-14,17H2,1H3. The first-order chi connectivity index (χ1) is 8.80. The maximum atomic E-state index is 6.19. The zero-order valence-corrected chi connectivity index (χ0v) is 12.3. The van der Waals surface area contributed by atoms with Crippen LogP contribution in [0, 0.1) is 5.92 Å². The summed E-state index contributed by atoms with van der Waals surface area (Å²) < 4.78 is 0. The highest BCUT2D eigenvalue weighted by atomic mass is 15.2. The first-order valence-electron chi connectivity index (χ1n) is 8.26. The zero-order chi connectivity index (χ0) is 12.8. The second-order valence-corrected chi connectivity index (χ2v) is 6.56. The van der Waals surface area contributed by atoms with Crippen molar-refractivity contribution >= 4 is 0 Å². The fraction of sp³-hybridized carbons (Fsp3) is 1.00. The van der Waals surface area contributed by atoms with Crippen LogP contribution < -0.4 is 5.73 Å². The van der Waals surface area contributed by atoms with Gasteiger partial charge in [-0.1, -0.05) is 45.4 Å². The molecule has 2 rings (SSSR count). The highest BCUT2D eigenvalue weighted by molar-refractivity contribution is 4.94. The lowest BCUT2D eigenvalue weighted by molar-refractivity contribution is 0.0413. The van der Waals surface area contributed by atoms with Crippen LogP contribution in [0.5, 0.6) is 0 Å². The molecule has 0 spiro atoms. The molecule has 0 amide bonds. The van der Waals surface area contributed by atoms with Crippen LogP contribution in [0.4, 0.5) is 0 Å². The Morgan fingerprint density at radius 1 is 1.06 bits per heavy atom. The summed E-state index contributed by atoms with van der Waals surface area (Å²) in [6.45, 7) is 5.81. The molecule has 106 valence electrons. The molecule has 0 aromatic rings. The number of nitrogens with two attached hydrogens (primary N) is 1. The van der Waals surface area contributed by atoms with Crippen molar-refractivity contribution in [1.82, 2.24) is 4.90 Å². The number of rotatable bonds is 4. The summed E-state index contributed by atoms with van der Waals surface area (Å²) in [7, 11) is 0. The van der Waals surface area contributed by atoms with Crippen molar-refractivity contribution in [2.24, 2.45) is 11.7 Å². The van der Waals surface area contributed by atoms with Crippen LogP contribution >= 0.6 is 0 Å². The Kier molecular flexibility index (Phi) is 5.50. The van der Waals surface area contributed by atoms with Crippen molar-refractivity contribution in [3.05, 3.63) is 0 Å². The molecule has 2 fully saturated rings. The Hall–Kier alpha value is -0.0800. The number of nitrogens with zero attached hydrogens (tertiary/aromatic N) is 1. The van der Waals surface area contributed by atoms with E-state index in [2.05, 4.69) is 11.8 Å². The van der Waals surface area contributed by atoms with Gasteiger partial charge >= 0.3 is 0 Å². The lowest BCUT2D eigenvalue weighted by atomic mass is 9.84. The molecule has 1 aliphatic heterocycles.